The quantitative estimate of drug-likeness (QED) is 0.823. The van der Waals surface area contributed by atoms with Gasteiger partial charge in [-0.05, 0) is 24.3 Å². The first kappa shape index (κ1) is 10.3. The summed E-state index contributed by atoms with van der Waals surface area (Å²) in [5, 5.41) is 11.3. The Kier molecular flexibility index (Phi) is 2.55. The number of carboxylic acid groups (broad SMARTS) is 1. The Morgan fingerprint density at radius 2 is 1.60 bits per heavy atom. The smallest absolute Gasteiger partial charge is 0.335 e. The third kappa shape index (κ3) is 1.78. The molecule has 0 heterocycles. The van der Waals surface area contributed by atoms with Gasteiger partial charge in [0.25, 0.3) is 0 Å². The summed E-state index contributed by atoms with van der Waals surface area (Å²) < 4.78 is 0. The topological polar surface area (TPSA) is 37.3 Å². The van der Waals surface area contributed by atoms with Crippen molar-refractivity contribution in [3.05, 3.63) is 45.9 Å². The lowest BCUT2D eigenvalue weighted by Crippen LogP contribution is -1.95. The van der Waals surface area contributed by atoms with E-state index in [0.717, 1.165) is 5.39 Å². The summed E-state index contributed by atoms with van der Waals surface area (Å²) in [4.78, 5) is 10.8. The second-order valence-corrected chi connectivity index (χ2v) is 3.91. The second kappa shape index (κ2) is 3.72. The third-order valence-electron chi connectivity index (χ3n) is 2.16. The second-order valence-electron chi connectivity index (χ2n) is 3.09. The molecule has 0 atom stereocenters. The molecule has 0 saturated heterocycles. The Morgan fingerprint density at radius 1 is 1.00 bits per heavy atom. The number of carboxylic acids is 1. The van der Waals surface area contributed by atoms with Gasteiger partial charge in [-0.1, -0.05) is 29.3 Å². The predicted octanol–water partition coefficient (Wildman–Crippen LogP) is 3.84. The molecule has 0 unspecified atom stereocenters. The fourth-order valence-corrected chi connectivity index (χ4v) is 1.86. The molecule has 76 valence electrons. The molecule has 0 amide bonds. The molecule has 0 aliphatic rings. The van der Waals surface area contributed by atoms with Crippen LogP contribution in [0.3, 0.4) is 0 Å². The van der Waals surface area contributed by atoms with Gasteiger partial charge in [0, 0.05) is 20.8 Å². The highest BCUT2D eigenvalue weighted by Crippen LogP contribution is 2.30. The number of hydrogen-bond donors (Lipinski definition) is 1. The Morgan fingerprint density at radius 3 is 2.20 bits per heavy atom. The van der Waals surface area contributed by atoms with E-state index in [4.69, 9.17) is 28.3 Å². The summed E-state index contributed by atoms with van der Waals surface area (Å²) in [6.45, 7) is 0. The fraction of sp³-hybridized carbons (Fsp3) is 0. The van der Waals surface area contributed by atoms with Gasteiger partial charge in [-0.2, -0.15) is 0 Å². The largest absolute Gasteiger partial charge is 0.478 e. The first-order valence-corrected chi connectivity index (χ1v) is 4.96. The molecule has 0 fully saturated rings. The number of fused-ring (bicyclic) bond motifs is 1. The molecule has 0 spiro atoms. The number of halogens is 2. The highest BCUT2D eigenvalue weighted by Gasteiger charge is 2.07. The van der Waals surface area contributed by atoms with Gasteiger partial charge in [0.05, 0.1) is 5.56 Å². The predicted molar refractivity (Wildman–Crippen MR) is 60.9 cm³/mol. The van der Waals surface area contributed by atoms with Gasteiger partial charge in [-0.3, -0.25) is 0 Å². The van der Waals surface area contributed by atoms with E-state index in [1.165, 1.54) is 12.1 Å². The van der Waals surface area contributed by atoms with Crippen molar-refractivity contribution in [3.63, 3.8) is 0 Å². The van der Waals surface area contributed by atoms with Crippen LogP contribution in [0.5, 0.6) is 0 Å². The van der Waals surface area contributed by atoms with E-state index in [9.17, 15) is 4.79 Å². The monoisotopic (exact) mass is 240 g/mol. The molecular weight excluding hydrogens is 235 g/mol. The number of rotatable bonds is 1. The van der Waals surface area contributed by atoms with Gasteiger partial charge in [0.15, 0.2) is 0 Å². The molecule has 0 aliphatic carbocycles. The summed E-state index contributed by atoms with van der Waals surface area (Å²) >= 11 is 11.9. The van der Waals surface area contributed by atoms with Crippen LogP contribution >= 0.6 is 23.2 Å². The summed E-state index contributed by atoms with van der Waals surface area (Å²) in [5.74, 6) is -0.979. The zero-order chi connectivity index (χ0) is 11.0. The van der Waals surface area contributed by atoms with E-state index in [0.29, 0.717) is 15.4 Å². The van der Waals surface area contributed by atoms with Crippen LogP contribution in [0, 0.1) is 0 Å². The molecule has 0 aliphatic heterocycles. The fourth-order valence-electron chi connectivity index (χ4n) is 1.41. The minimum Gasteiger partial charge on any atom is -0.478 e. The molecule has 2 aromatic carbocycles. The molecule has 4 heteroatoms. The number of aromatic carboxylic acids is 1. The van der Waals surface area contributed by atoms with Crippen molar-refractivity contribution in [2.75, 3.05) is 0 Å². The van der Waals surface area contributed by atoms with Crippen LogP contribution in [0.1, 0.15) is 10.4 Å². The lowest BCUT2D eigenvalue weighted by atomic mass is 10.1. The molecular formula is C11H6Cl2O2. The first-order valence-electron chi connectivity index (χ1n) is 4.20. The van der Waals surface area contributed by atoms with Crippen LogP contribution < -0.4 is 0 Å². The number of benzene rings is 2. The van der Waals surface area contributed by atoms with Crippen molar-refractivity contribution >= 4 is 39.9 Å². The zero-order valence-corrected chi connectivity index (χ0v) is 9.01. The zero-order valence-electron chi connectivity index (χ0n) is 7.50. The molecule has 2 nitrogen and oxygen atoms in total. The van der Waals surface area contributed by atoms with Crippen molar-refractivity contribution in [2.24, 2.45) is 0 Å². The van der Waals surface area contributed by atoms with Crippen molar-refractivity contribution < 1.29 is 9.90 Å². The minimum atomic E-state index is -0.979. The standard InChI is InChI=1S/C11H6Cl2O2/c12-9-3-4-10(13)8-5-6(11(14)15)1-2-7(8)9/h1-5H,(H,14,15). The van der Waals surface area contributed by atoms with E-state index in [1.807, 2.05) is 0 Å². The highest BCUT2D eigenvalue weighted by molar-refractivity contribution is 6.40. The average molecular weight is 241 g/mol. The van der Waals surface area contributed by atoms with Crippen LogP contribution in [-0.4, -0.2) is 11.1 Å². The lowest BCUT2D eigenvalue weighted by molar-refractivity contribution is 0.0697. The molecule has 2 aromatic rings. The van der Waals surface area contributed by atoms with Crippen LogP contribution in [0.15, 0.2) is 30.3 Å². The third-order valence-corrected chi connectivity index (χ3v) is 2.82. The van der Waals surface area contributed by atoms with Gasteiger partial charge in [0.2, 0.25) is 0 Å². The number of hydrogen-bond acceptors (Lipinski definition) is 1. The molecule has 2 rings (SSSR count). The Hall–Kier alpha value is -1.25. The van der Waals surface area contributed by atoms with E-state index in [2.05, 4.69) is 0 Å². The van der Waals surface area contributed by atoms with Crippen LogP contribution in [0.4, 0.5) is 0 Å². The highest BCUT2D eigenvalue weighted by atomic mass is 35.5. The Balaban J connectivity index is 2.81. The van der Waals surface area contributed by atoms with Gasteiger partial charge >= 0.3 is 5.97 Å². The molecule has 0 aromatic heterocycles. The maximum atomic E-state index is 10.8. The molecule has 0 bridgehead atoms. The van der Waals surface area contributed by atoms with E-state index >= 15 is 0 Å². The molecule has 1 N–H and O–H groups in total. The van der Waals surface area contributed by atoms with Crippen molar-refractivity contribution in [3.8, 4) is 0 Å². The van der Waals surface area contributed by atoms with E-state index in [-0.39, 0.29) is 5.56 Å². The van der Waals surface area contributed by atoms with E-state index in [1.54, 1.807) is 18.2 Å². The molecule has 0 radical (unpaired) electrons. The summed E-state index contributed by atoms with van der Waals surface area (Å²) in [5.41, 5.74) is 0.201. The van der Waals surface area contributed by atoms with Crippen molar-refractivity contribution in [1.29, 1.82) is 0 Å². The Bertz CT molecular complexity index is 550. The van der Waals surface area contributed by atoms with Crippen LogP contribution in [-0.2, 0) is 0 Å². The van der Waals surface area contributed by atoms with Gasteiger partial charge in [-0.15, -0.1) is 0 Å². The Labute approximate surface area is 96.0 Å². The maximum absolute atomic E-state index is 10.8. The summed E-state index contributed by atoms with van der Waals surface area (Å²) in [6.07, 6.45) is 0. The summed E-state index contributed by atoms with van der Waals surface area (Å²) in [7, 11) is 0. The molecule has 0 saturated carbocycles. The SMILES string of the molecule is O=C(O)c1ccc2c(Cl)ccc(Cl)c2c1. The maximum Gasteiger partial charge on any atom is 0.335 e. The number of carbonyl (C=O) groups is 1. The minimum absolute atomic E-state index is 0.201. The average Bonchev–Trinajstić information content (AvgIpc) is 2.23. The first-order chi connectivity index (χ1) is 7.09. The van der Waals surface area contributed by atoms with Crippen molar-refractivity contribution in [1.82, 2.24) is 0 Å². The van der Waals surface area contributed by atoms with Crippen LogP contribution in [0.25, 0.3) is 10.8 Å². The van der Waals surface area contributed by atoms with E-state index < -0.39 is 5.97 Å². The van der Waals surface area contributed by atoms with Gasteiger partial charge in [0.1, 0.15) is 0 Å². The van der Waals surface area contributed by atoms with Gasteiger partial charge < -0.3 is 5.11 Å². The van der Waals surface area contributed by atoms with Crippen molar-refractivity contribution in [2.45, 2.75) is 0 Å². The normalized spacial score (nSPS) is 10.5. The summed E-state index contributed by atoms with van der Waals surface area (Å²) in [6, 6.07) is 8.02. The lowest BCUT2D eigenvalue weighted by Gasteiger charge is -2.03. The van der Waals surface area contributed by atoms with Crippen LogP contribution in [0.2, 0.25) is 10.0 Å². The molecule has 15 heavy (non-hydrogen) atoms. The van der Waals surface area contributed by atoms with Gasteiger partial charge in [-0.25, -0.2) is 4.79 Å².